The molecule has 0 radical (unpaired) electrons. The number of ether oxygens (including phenoxy) is 4. The van der Waals surface area contributed by atoms with Crippen LogP contribution >= 0.6 is 0 Å². The van der Waals surface area contributed by atoms with Crippen molar-refractivity contribution in [2.75, 3.05) is 39.8 Å². The van der Waals surface area contributed by atoms with Crippen molar-refractivity contribution in [1.29, 1.82) is 0 Å². The van der Waals surface area contributed by atoms with Crippen molar-refractivity contribution in [3.05, 3.63) is 58.7 Å². The predicted molar refractivity (Wildman–Crippen MR) is 121 cm³/mol. The molecule has 2 aromatic carbocycles. The maximum Gasteiger partial charge on any atom is 0.189 e. The van der Waals surface area contributed by atoms with Crippen LogP contribution in [0.25, 0.3) is 0 Å². The summed E-state index contributed by atoms with van der Waals surface area (Å²) in [6.45, 7) is 6.47. The van der Waals surface area contributed by atoms with Gasteiger partial charge in [0.15, 0.2) is 13.6 Å². The molecule has 2 aromatic rings. The molecular formula is C26H32N2O4. The molecular weight excluding hydrogens is 404 g/mol. The van der Waals surface area contributed by atoms with Crippen LogP contribution in [-0.4, -0.2) is 44.7 Å². The summed E-state index contributed by atoms with van der Waals surface area (Å²) in [4.78, 5) is 2.67. The van der Waals surface area contributed by atoms with E-state index in [2.05, 4.69) is 46.6 Å². The molecule has 1 spiro atoms. The van der Waals surface area contributed by atoms with Gasteiger partial charge in [-0.25, -0.2) is 0 Å². The second-order valence-electron chi connectivity index (χ2n) is 9.64. The minimum Gasteiger partial charge on any atom is -0.467 e. The first-order chi connectivity index (χ1) is 15.8. The van der Waals surface area contributed by atoms with Crippen LogP contribution in [0.15, 0.2) is 36.4 Å². The summed E-state index contributed by atoms with van der Waals surface area (Å²) < 4.78 is 22.5. The largest absolute Gasteiger partial charge is 0.467 e. The van der Waals surface area contributed by atoms with Gasteiger partial charge in [-0.1, -0.05) is 12.1 Å². The third-order valence-electron chi connectivity index (χ3n) is 7.80. The Morgan fingerprint density at radius 2 is 1.31 bits per heavy atom. The van der Waals surface area contributed by atoms with Crippen molar-refractivity contribution in [1.82, 2.24) is 10.2 Å². The summed E-state index contributed by atoms with van der Waals surface area (Å²) >= 11 is 0. The van der Waals surface area contributed by atoms with Crippen molar-refractivity contribution in [3.8, 4) is 11.5 Å². The summed E-state index contributed by atoms with van der Waals surface area (Å²) in [5, 5.41) is 3.54. The van der Waals surface area contributed by atoms with Crippen LogP contribution in [-0.2, 0) is 22.7 Å². The molecule has 4 aliphatic heterocycles. The SMILES string of the molecule is c1cc2c(cc1C(c1ccc3c(c1)COCO3)N1CCC3(CCNCC3)CC1)COCO2. The third kappa shape index (κ3) is 3.90. The maximum absolute atomic E-state index is 5.68. The molecule has 4 heterocycles. The lowest BCUT2D eigenvalue weighted by molar-refractivity contribution is -0.0165. The molecule has 0 aliphatic carbocycles. The number of hydrogen-bond donors (Lipinski definition) is 1. The Balaban J connectivity index is 1.33. The van der Waals surface area contributed by atoms with E-state index in [1.54, 1.807) is 0 Å². The number of benzene rings is 2. The first-order valence-corrected chi connectivity index (χ1v) is 11.9. The molecule has 0 amide bonds. The Bertz CT molecular complexity index is 903. The van der Waals surface area contributed by atoms with E-state index in [4.69, 9.17) is 18.9 Å². The smallest absolute Gasteiger partial charge is 0.189 e. The van der Waals surface area contributed by atoms with Gasteiger partial charge in [-0.2, -0.15) is 0 Å². The zero-order valence-electron chi connectivity index (χ0n) is 18.6. The van der Waals surface area contributed by atoms with E-state index in [0.29, 0.717) is 32.2 Å². The van der Waals surface area contributed by atoms with Gasteiger partial charge in [0.25, 0.3) is 0 Å². The van der Waals surface area contributed by atoms with Crippen molar-refractivity contribution in [2.24, 2.45) is 5.41 Å². The van der Waals surface area contributed by atoms with Crippen molar-refractivity contribution in [3.63, 3.8) is 0 Å². The molecule has 0 saturated carbocycles. The maximum atomic E-state index is 5.68. The highest BCUT2D eigenvalue weighted by Crippen LogP contribution is 2.43. The second-order valence-corrected chi connectivity index (χ2v) is 9.64. The molecule has 6 heteroatoms. The molecule has 4 aliphatic rings. The quantitative estimate of drug-likeness (QED) is 0.786. The molecule has 0 aromatic heterocycles. The molecule has 32 heavy (non-hydrogen) atoms. The lowest BCUT2D eigenvalue weighted by Gasteiger charge is -2.47. The third-order valence-corrected chi connectivity index (χ3v) is 7.80. The molecule has 0 unspecified atom stereocenters. The lowest BCUT2D eigenvalue weighted by atomic mass is 9.71. The summed E-state index contributed by atoms with van der Waals surface area (Å²) in [5.74, 6) is 1.89. The van der Waals surface area contributed by atoms with Gasteiger partial charge in [-0.05, 0) is 92.7 Å². The van der Waals surface area contributed by atoms with E-state index in [9.17, 15) is 0 Å². The van der Waals surface area contributed by atoms with Gasteiger partial charge in [0.1, 0.15) is 11.5 Å². The first-order valence-electron chi connectivity index (χ1n) is 11.9. The highest BCUT2D eigenvalue weighted by Gasteiger charge is 2.38. The average molecular weight is 437 g/mol. The Morgan fingerprint density at radius 3 is 1.88 bits per heavy atom. The fourth-order valence-electron chi connectivity index (χ4n) is 5.89. The molecule has 6 rings (SSSR count). The van der Waals surface area contributed by atoms with Crippen LogP contribution in [0.4, 0.5) is 0 Å². The van der Waals surface area contributed by atoms with E-state index < -0.39 is 0 Å². The lowest BCUT2D eigenvalue weighted by Crippen LogP contribution is -2.46. The molecule has 2 fully saturated rings. The molecule has 1 N–H and O–H groups in total. The topological polar surface area (TPSA) is 52.2 Å². The number of nitrogens with zero attached hydrogens (tertiary/aromatic N) is 1. The van der Waals surface area contributed by atoms with Crippen LogP contribution < -0.4 is 14.8 Å². The highest BCUT2D eigenvalue weighted by molar-refractivity contribution is 5.45. The van der Waals surface area contributed by atoms with Crippen LogP contribution in [0.3, 0.4) is 0 Å². The van der Waals surface area contributed by atoms with Gasteiger partial charge in [0.05, 0.1) is 19.3 Å². The summed E-state index contributed by atoms with van der Waals surface area (Å²) in [6.07, 6.45) is 5.18. The Morgan fingerprint density at radius 1 is 0.750 bits per heavy atom. The number of hydrogen-bond acceptors (Lipinski definition) is 6. The van der Waals surface area contributed by atoms with Gasteiger partial charge in [0.2, 0.25) is 0 Å². The number of likely N-dealkylation sites (tertiary alicyclic amines) is 1. The van der Waals surface area contributed by atoms with Gasteiger partial charge in [-0.15, -0.1) is 0 Å². The second kappa shape index (κ2) is 8.67. The first kappa shape index (κ1) is 20.5. The molecule has 0 bridgehead atoms. The molecule has 170 valence electrons. The van der Waals surface area contributed by atoms with Crippen molar-refractivity contribution >= 4 is 0 Å². The molecule has 2 saturated heterocycles. The summed E-state index contributed by atoms with van der Waals surface area (Å²) in [6, 6.07) is 13.5. The number of rotatable bonds is 3. The van der Waals surface area contributed by atoms with Crippen LogP contribution in [0.5, 0.6) is 11.5 Å². The van der Waals surface area contributed by atoms with E-state index in [0.717, 1.165) is 35.7 Å². The zero-order valence-corrected chi connectivity index (χ0v) is 18.6. The minimum absolute atomic E-state index is 0.202. The minimum atomic E-state index is 0.202. The van der Waals surface area contributed by atoms with Gasteiger partial charge in [0, 0.05) is 11.1 Å². The number of nitrogens with one attached hydrogen (secondary N) is 1. The predicted octanol–water partition coefficient (Wildman–Crippen LogP) is 3.97. The monoisotopic (exact) mass is 436 g/mol. The Labute approximate surface area is 189 Å². The summed E-state index contributed by atoms with van der Waals surface area (Å²) in [7, 11) is 0. The van der Waals surface area contributed by atoms with E-state index >= 15 is 0 Å². The van der Waals surface area contributed by atoms with E-state index in [1.165, 1.54) is 49.9 Å². The normalized spacial score (nSPS) is 22.7. The van der Waals surface area contributed by atoms with Gasteiger partial charge < -0.3 is 24.3 Å². The summed E-state index contributed by atoms with van der Waals surface area (Å²) in [5.41, 5.74) is 5.40. The van der Waals surface area contributed by atoms with E-state index in [-0.39, 0.29) is 6.04 Å². The highest BCUT2D eigenvalue weighted by atomic mass is 16.7. The van der Waals surface area contributed by atoms with Gasteiger partial charge >= 0.3 is 0 Å². The zero-order chi connectivity index (χ0) is 21.4. The van der Waals surface area contributed by atoms with E-state index in [1.807, 2.05) is 0 Å². The fraction of sp³-hybridized carbons (Fsp3) is 0.538. The fourth-order valence-corrected chi connectivity index (χ4v) is 5.89. The van der Waals surface area contributed by atoms with Gasteiger partial charge in [-0.3, -0.25) is 4.90 Å². The average Bonchev–Trinajstić information content (AvgIpc) is 2.86. The standard InChI is InChI=1S/C26H32N2O4/c1-3-23-21(15-29-17-31-23)13-19(1)25(20-2-4-24-22(14-20)16-30-18-32-24)28-11-7-26(8-12-28)5-9-27-10-6-26/h1-4,13-14,25,27H,5-12,15-18H2. The molecule has 6 nitrogen and oxygen atoms in total. The Hall–Kier alpha value is -2.12. The van der Waals surface area contributed by atoms with Crippen LogP contribution in [0.1, 0.15) is 54.0 Å². The molecule has 0 atom stereocenters. The van der Waals surface area contributed by atoms with Crippen molar-refractivity contribution in [2.45, 2.75) is 44.9 Å². The van der Waals surface area contributed by atoms with Crippen molar-refractivity contribution < 1.29 is 18.9 Å². The number of fused-ring (bicyclic) bond motifs is 2. The Kier molecular flexibility index (Phi) is 5.55. The number of piperidine rings is 2. The van der Waals surface area contributed by atoms with Crippen LogP contribution in [0, 0.1) is 5.41 Å². The van der Waals surface area contributed by atoms with Crippen LogP contribution in [0.2, 0.25) is 0 Å².